The number of carbonyl (C=O) groups is 3. The number of nitrogen functional groups attached to an aromatic ring is 1. The molecule has 0 spiro atoms. The second-order valence-electron chi connectivity index (χ2n) is 4.46. The largest absolute Gasteiger partial charge is 0.398 e. The molecule has 1 aromatic carbocycles. The fraction of sp³-hybridized carbons (Fsp3) is 0.308. The van der Waals surface area contributed by atoms with Crippen LogP contribution in [-0.4, -0.2) is 28.7 Å². The maximum atomic E-state index is 12.3. The number of amides is 3. The minimum atomic E-state index is -0.920. The predicted molar refractivity (Wildman–Crippen MR) is 69.2 cm³/mol. The number of rotatable bonds is 4. The number of carbonyl (C=O) groups excluding carboxylic acids is 3. The van der Waals surface area contributed by atoms with Gasteiger partial charge in [-0.05, 0) is 18.6 Å². The van der Waals surface area contributed by atoms with E-state index in [1.165, 1.54) is 6.07 Å². The maximum Gasteiger partial charge on any atom is 0.264 e. The molecule has 0 saturated heterocycles. The maximum absolute atomic E-state index is 12.3. The number of anilines is 1. The van der Waals surface area contributed by atoms with Crippen molar-refractivity contribution in [2.24, 2.45) is 5.73 Å². The zero-order chi connectivity index (χ0) is 14.2. The molecule has 100 valence electrons. The van der Waals surface area contributed by atoms with Crippen molar-refractivity contribution < 1.29 is 14.4 Å². The van der Waals surface area contributed by atoms with Gasteiger partial charge >= 0.3 is 0 Å². The summed E-state index contributed by atoms with van der Waals surface area (Å²) in [5.74, 6) is -1.74. The highest BCUT2D eigenvalue weighted by atomic mass is 16.2. The molecule has 19 heavy (non-hydrogen) atoms. The summed E-state index contributed by atoms with van der Waals surface area (Å²) < 4.78 is 0. The Kier molecular flexibility index (Phi) is 3.25. The molecule has 1 atom stereocenters. The van der Waals surface area contributed by atoms with E-state index in [9.17, 15) is 14.4 Å². The normalized spacial score (nSPS) is 15.5. The third-order valence-corrected chi connectivity index (χ3v) is 3.18. The lowest BCUT2D eigenvalue weighted by Crippen LogP contribution is -2.47. The van der Waals surface area contributed by atoms with Crippen LogP contribution < -0.4 is 11.5 Å². The monoisotopic (exact) mass is 261 g/mol. The standard InChI is InChI=1S/C13H15N3O3/c1-2-4-9(11(15)17)16-12(18)7-5-3-6-8(14)10(7)13(16)19/h3,5-6,9H,2,4,14H2,1H3,(H2,15,17). The van der Waals surface area contributed by atoms with Gasteiger partial charge in [0, 0.05) is 5.69 Å². The second-order valence-corrected chi connectivity index (χ2v) is 4.46. The minimum absolute atomic E-state index is 0.162. The Bertz CT molecular complexity index is 568. The van der Waals surface area contributed by atoms with Crippen molar-refractivity contribution in [3.05, 3.63) is 29.3 Å². The van der Waals surface area contributed by atoms with Crippen molar-refractivity contribution in [3.63, 3.8) is 0 Å². The molecule has 6 nitrogen and oxygen atoms in total. The van der Waals surface area contributed by atoms with Gasteiger partial charge in [-0.2, -0.15) is 0 Å². The molecule has 0 aliphatic carbocycles. The molecule has 4 N–H and O–H groups in total. The molecule has 1 aromatic rings. The van der Waals surface area contributed by atoms with Gasteiger partial charge in [0.05, 0.1) is 11.1 Å². The summed E-state index contributed by atoms with van der Waals surface area (Å²) in [6, 6.07) is 3.75. The molecular formula is C13H15N3O3. The minimum Gasteiger partial charge on any atom is -0.398 e. The van der Waals surface area contributed by atoms with Gasteiger partial charge in [-0.15, -0.1) is 0 Å². The highest BCUT2D eigenvalue weighted by molar-refractivity contribution is 6.24. The van der Waals surface area contributed by atoms with Crippen LogP contribution in [0.25, 0.3) is 0 Å². The Balaban J connectivity index is 2.47. The summed E-state index contributed by atoms with van der Waals surface area (Å²) in [6.45, 7) is 1.85. The lowest BCUT2D eigenvalue weighted by molar-refractivity contribution is -0.122. The lowest BCUT2D eigenvalue weighted by atomic mass is 10.1. The van der Waals surface area contributed by atoms with Crippen LogP contribution in [0.1, 0.15) is 40.5 Å². The van der Waals surface area contributed by atoms with Gasteiger partial charge in [0.1, 0.15) is 6.04 Å². The first-order valence-corrected chi connectivity index (χ1v) is 6.04. The fourth-order valence-electron chi connectivity index (χ4n) is 2.28. The number of nitrogens with zero attached hydrogens (tertiary/aromatic N) is 1. The van der Waals surface area contributed by atoms with Crippen LogP contribution in [0.15, 0.2) is 18.2 Å². The van der Waals surface area contributed by atoms with Crippen LogP contribution >= 0.6 is 0 Å². The Labute approximate surface area is 110 Å². The number of hydrogen-bond acceptors (Lipinski definition) is 4. The Hall–Kier alpha value is -2.37. The Morgan fingerprint density at radius 3 is 2.53 bits per heavy atom. The van der Waals surface area contributed by atoms with Gasteiger partial charge in [0.25, 0.3) is 11.8 Å². The van der Waals surface area contributed by atoms with Crippen LogP contribution in [0.2, 0.25) is 0 Å². The quantitative estimate of drug-likeness (QED) is 0.608. The topological polar surface area (TPSA) is 106 Å². The highest BCUT2D eigenvalue weighted by Crippen LogP contribution is 2.29. The molecule has 1 unspecified atom stereocenters. The van der Waals surface area contributed by atoms with E-state index in [2.05, 4.69) is 0 Å². The van der Waals surface area contributed by atoms with E-state index in [1.807, 2.05) is 6.92 Å². The molecule has 1 heterocycles. The summed E-state index contributed by atoms with van der Waals surface area (Å²) >= 11 is 0. The predicted octanol–water partition coefficient (Wildman–Crippen LogP) is 0.519. The van der Waals surface area contributed by atoms with E-state index < -0.39 is 23.8 Å². The summed E-state index contributed by atoms with van der Waals surface area (Å²) in [5.41, 5.74) is 11.6. The van der Waals surface area contributed by atoms with Gasteiger partial charge < -0.3 is 11.5 Å². The van der Waals surface area contributed by atoms with Gasteiger partial charge in [0.2, 0.25) is 5.91 Å². The molecule has 0 fully saturated rings. The molecule has 0 saturated carbocycles. The van der Waals surface area contributed by atoms with Crippen molar-refractivity contribution in [2.75, 3.05) is 5.73 Å². The number of fused-ring (bicyclic) bond motifs is 1. The van der Waals surface area contributed by atoms with Crippen molar-refractivity contribution in [1.82, 2.24) is 4.90 Å². The molecule has 1 aliphatic rings. The first-order chi connectivity index (χ1) is 8.99. The zero-order valence-corrected chi connectivity index (χ0v) is 10.6. The van der Waals surface area contributed by atoms with Crippen LogP contribution in [-0.2, 0) is 4.79 Å². The number of hydrogen-bond donors (Lipinski definition) is 2. The van der Waals surface area contributed by atoms with E-state index in [0.717, 1.165) is 4.90 Å². The first-order valence-electron chi connectivity index (χ1n) is 6.04. The van der Waals surface area contributed by atoms with Gasteiger partial charge in [-0.25, -0.2) is 0 Å². The molecular weight excluding hydrogens is 246 g/mol. The number of nitrogens with two attached hydrogens (primary N) is 2. The van der Waals surface area contributed by atoms with Crippen LogP contribution in [0.4, 0.5) is 5.69 Å². The third kappa shape index (κ3) is 1.95. The van der Waals surface area contributed by atoms with E-state index in [-0.39, 0.29) is 16.8 Å². The molecule has 3 amide bonds. The third-order valence-electron chi connectivity index (χ3n) is 3.18. The van der Waals surface area contributed by atoms with E-state index >= 15 is 0 Å². The Morgan fingerprint density at radius 2 is 2.00 bits per heavy atom. The average molecular weight is 261 g/mol. The van der Waals surface area contributed by atoms with Crippen LogP contribution in [0.3, 0.4) is 0 Å². The van der Waals surface area contributed by atoms with Gasteiger partial charge in [0.15, 0.2) is 0 Å². The summed E-state index contributed by atoms with van der Waals surface area (Å²) in [7, 11) is 0. The molecule has 0 radical (unpaired) electrons. The first kappa shape index (κ1) is 13.1. The Morgan fingerprint density at radius 1 is 1.32 bits per heavy atom. The molecule has 6 heteroatoms. The van der Waals surface area contributed by atoms with Crippen molar-refractivity contribution in [3.8, 4) is 0 Å². The molecule has 1 aliphatic heterocycles. The average Bonchev–Trinajstić information content (AvgIpc) is 2.60. The number of imide groups is 1. The van der Waals surface area contributed by atoms with E-state index in [1.54, 1.807) is 12.1 Å². The zero-order valence-electron chi connectivity index (χ0n) is 10.6. The van der Waals surface area contributed by atoms with E-state index in [4.69, 9.17) is 11.5 Å². The lowest BCUT2D eigenvalue weighted by Gasteiger charge is -2.22. The second kappa shape index (κ2) is 4.72. The molecule has 0 bridgehead atoms. The van der Waals surface area contributed by atoms with Crippen molar-refractivity contribution in [1.29, 1.82) is 0 Å². The SMILES string of the molecule is CCCC(C(N)=O)N1C(=O)c2cccc(N)c2C1=O. The summed E-state index contributed by atoms with van der Waals surface area (Å²) in [4.78, 5) is 36.9. The summed E-state index contributed by atoms with van der Waals surface area (Å²) in [6.07, 6.45) is 0.983. The van der Waals surface area contributed by atoms with Gasteiger partial charge in [-0.1, -0.05) is 19.4 Å². The van der Waals surface area contributed by atoms with Crippen LogP contribution in [0.5, 0.6) is 0 Å². The summed E-state index contributed by atoms with van der Waals surface area (Å²) in [5, 5.41) is 0. The fourth-order valence-corrected chi connectivity index (χ4v) is 2.28. The smallest absolute Gasteiger partial charge is 0.264 e. The van der Waals surface area contributed by atoms with Crippen LogP contribution in [0, 0.1) is 0 Å². The van der Waals surface area contributed by atoms with E-state index in [0.29, 0.717) is 12.8 Å². The number of primary amides is 1. The van der Waals surface area contributed by atoms with Crippen molar-refractivity contribution >= 4 is 23.4 Å². The van der Waals surface area contributed by atoms with Gasteiger partial charge in [-0.3, -0.25) is 19.3 Å². The molecule has 0 aromatic heterocycles. The highest BCUT2D eigenvalue weighted by Gasteiger charge is 2.42. The van der Waals surface area contributed by atoms with Crippen molar-refractivity contribution in [2.45, 2.75) is 25.8 Å². The molecule has 2 rings (SSSR count). The number of benzene rings is 1.